The molecule has 5 heterocycles. The van der Waals surface area contributed by atoms with Crippen LogP contribution in [0.3, 0.4) is 0 Å². The van der Waals surface area contributed by atoms with Crippen molar-refractivity contribution < 1.29 is 9.53 Å². The summed E-state index contributed by atoms with van der Waals surface area (Å²) in [6, 6.07) is 10.2. The second kappa shape index (κ2) is 12.5. The van der Waals surface area contributed by atoms with Crippen LogP contribution in [-0.2, 0) is 16.0 Å². The van der Waals surface area contributed by atoms with E-state index < -0.39 is 0 Å². The Labute approximate surface area is 255 Å². The Kier molecular flexibility index (Phi) is 8.38. The van der Waals surface area contributed by atoms with Crippen LogP contribution in [0, 0.1) is 0 Å². The molecule has 1 saturated carbocycles. The number of fused-ring (bicyclic) bond motifs is 2. The summed E-state index contributed by atoms with van der Waals surface area (Å²) in [6.45, 7) is 9.94. The minimum atomic E-state index is 0.232. The molecule has 1 aliphatic carbocycles. The van der Waals surface area contributed by atoms with Gasteiger partial charge in [-0.25, -0.2) is 9.97 Å². The average molecular weight is 586 g/mol. The number of benzene rings is 1. The smallest absolute Gasteiger partial charge is 0.228 e. The van der Waals surface area contributed by atoms with Crippen molar-refractivity contribution in [1.29, 1.82) is 0 Å². The maximum atomic E-state index is 13.8. The van der Waals surface area contributed by atoms with Crippen molar-refractivity contribution in [3.8, 4) is 11.3 Å². The van der Waals surface area contributed by atoms with Crippen LogP contribution in [0.2, 0.25) is 0 Å². The molecule has 0 radical (unpaired) electrons. The summed E-state index contributed by atoms with van der Waals surface area (Å²) in [7, 11) is 0. The number of hydrogen-bond donors (Lipinski definition) is 2. The predicted octanol–water partition coefficient (Wildman–Crippen LogP) is 5.16. The third-order valence-corrected chi connectivity index (χ3v) is 10.0. The molecule has 1 amide bonds. The first-order valence-electron chi connectivity index (χ1n) is 16.7. The number of nitrogens with zero attached hydrogens (tertiary/aromatic N) is 5. The molecule has 2 N–H and O–H groups in total. The number of aromatic nitrogens is 3. The fourth-order valence-electron chi connectivity index (χ4n) is 7.44. The summed E-state index contributed by atoms with van der Waals surface area (Å²) in [5.41, 5.74) is 6.22. The van der Waals surface area contributed by atoms with Gasteiger partial charge in [0, 0.05) is 61.6 Å². The van der Waals surface area contributed by atoms with Crippen molar-refractivity contribution in [3.63, 3.8) is 0 Å². The van der Waals surface area contributed by atoms with Crippen molar-refractivity contribution in [3.05, 3.63) is 36.2 Å². The maximum Gasteiger partial charge on any atom is 0.228 e. The van der Waals surface area contributed by atoms with E-state index in [1.807, 2.05) is 6.33 Å². The maximum absolute atomic E-state index is 13.8. The normalized spacial score (nSPS) is 24.3. The number of likely N-dealkylation sites (tertiary alicyclic amines) is 1. The highest BCUT2D eigenvalue weighted by Gasteiger charge is 2.40. The lowest BCUT2D eigenvalue weighted by Crippen LogP contribution is -2.57. The zero-order valence-corrected chi connectivity index (χ0v) is 25.9. The molecule has 0 unspecified atom stereocenters. The van der Waals surface area contributed by atoms with Gasteiger partial charge in [0.2, 0.25) is 5.91 Å². The molecule has 4 aliphatic rings. The van der Waals surface area contributed by atoms with Gasteiger partial charge in [-0.1, -0.05) is 18.6 Å². The van der Waals surface area contributed by atoms with Crippen molar-refractivity contribution >= 4 is 28.4 Å². The van der Waals surface area contributed by atoms with E-state index in [9.17, 15) is 4.79 Å². The van der Waals surface area contributed by atoms with Gasteiger partial charge in [0.15, 0.2) is 5.82 Å². The number of carbonyl (C=O) groups excluding carboxylic acids is 1. The molecule has 230 valence electrons. The van der Waals surface area contributed by atoms with E-state index in [0.717, 1.165) is 92.2 Å². The summed E-state index contributed by atoms with van der Waals surface area (Å²) in [5, 5.41) is 7.25. The number of piperidine rings is 1. The molecule has 3 aromatic rings. The fraction of sp³-hybridized carbons (Fsp3) is 0.618. The SMILES string of the molecule is CC(C)n1cnc2cc(-c3ccc4c(c3)N([C@H]3C[C@@H](N5CCCCC5)C3)C(=O)CCNCC4)nc(NC3CCOCC3)c21. The van der Waals surface area contributed by atoms with E-state index in [-0.39, 0.29) is 18.0 Å². The molecule has 43 heavy (non-hydrogen) atoms. The molecular formula is C34H47N7O2. The number of amides is 1. The Balaban J connectivity index is 1.25. The van der Waals surface area contributed by atoms with Gasteiger partial charge < -0.3 is 29.7 Å². The van der Waals surface area contributed by atoms with Gasteiger partial charge in [0.05, 0.1) is 17.5 Å². The molecule has 1 aromatic carbocycles. The lowest BCUT2D eigenvalue weighted by atomic mass is 9.82. The van der Waals surface area contributed by atoms with E-state index in [4.69, 9.17) is 14.7 Å². The minimum Gasteiger partial charge on any atom is -0.381 e. The average Bonchev–Trinajstić information content (AvgIpc) is 3.46. The van der Waals surface area contributed by atoms with Crippen LogP contribution in [-0.4, -0.2) is 82.9 Å². The Bertz CT molecular complexity index is 1430. The molecule has 2 aromatic heterocycles. The van der Waals surface area contributed by atoms with E-state index in [2.05, 4.69) is 63.1 Å². The summed E-state index contributed by atoms with van der Waals surface area (Å²) < 4.78 is 7.83. The highest BCUT2D eigenvalue weighted by Crippen LogP contribution is 2.39. The number of anilines is 2. The standard InChI is InChI=1S/C34H47N7O2/c1-23(2)40-22-36-30-21-29(38-34(33(30)40)37-26-10-16-43-17-11-26)25-7-6-24-8-12-35-13-9-32(42)41(31(24)18-25)28-19-27(20-28)39-14-4-3-5-15-39/h6-7,18,21-23,26-28,35H,3-5,8-17,19-20H2,1-2H3,(H,37,38)/t27-,28+. The highest BCUT2D eigenvalue weighted by molar-refractivity contribution is 5.96. The summed E-state index contributed by atoms with van der Waals surface area (Å²) in [5.74, 6) is 1.12. The number of pyridine rings is 1. The summed E-state index contributed by atoms with van der Waals surface area (Å²) in [6.07, 6.45) is 11.4. The van der Waals surface area contributed by atoms with Crippen LogP contribution in [0.15, 0.2) is 30.6 Å². The van der Waals surface area contributed by atoms with Crippen molar-refractivity contribution in [2.45, 2.75) is 95.8 Å². The van der Waals surface area contributed by atoms with Crippen molar-refractivity contribution in [2.24, 2.45) is 0 Å². The van der Waals surface area contributed by atoms with Gasteiger partial charge in [-0.05, 0) is 96.1 Å². The van der Waals surface area contributed by atoms with E-state index in [0.29, 0.717) is 18.5 Å². The number of nitrogens with one attached hydrogen (secondary N) is 2. The van der Waals surface area contributed by atoms with Crippen LogP contribution < -0.4 is 15.5 Å². The Morgan fingerprint density at radius 1 is 1.00 bits per heavy atom. The summed E-state index contributed by atoms with van der Waals surface area (Å²) >= 11 is 0. The molecule has 3 aliphatic heterocycles. The first-order valence-corrected chi connectivity index (χ1v) is 16.7. The highest BCUT2D eigenvalue weighted by atomic mass is 16.5. The van der Waals surface area contributed by atoms with Gasteiger partial charge in [0.25, 0.3) is 0 Å². The fourth-order valence-corrected chi connectivity index (χ4v) is 7.44. The Hall–Kier alpha value is -3.01. The first-order chi connectivity index (χ1) is 21.0. The molecular weight excluding hydrogens is 538 g/mol. The molecule has 0 atom stereocenters. The predicted molar refractivity (Wildman–Crippen MR) is 172 cm³/mol. The molecule has 9 nitrogen and oxygen atoms in total. The molecule has 7 rings (SSSR count). The van der Waals surface area contributed by atoms with Gasteiger partial charge >= 0.3 is 0 Å². The third kappa shape index (κ3) is 5.91. The second-order valence-electron chi connectivity index (χ2n) is 13.2. The Morgan fingerprint density at radius 2 is 1.79 bits per heavy atom. The van der Waals surface area contributed by atoms with E-state index in [1.165, 1.54) is 37.9 Å². The number of rotatable bonds is 6. The molecule has 2 saturated heterocycles. The van der Waals surface area contributed by atoms with Crippen LogP contribution in [0.25, 0.3) is 22.3 Å². The lowest BCUT2D eigenvalue weighted by molar-refractivity contribution is -0.119. The van der Waals surface area contributed by atoms with Gasteiger partial charge in [-0.2, -0.15) is 0 Å². The van der Waals surface area contributed by atoms with Crippen molar-refractivity contribution in [2.75, 3.05) is 49.6 Å². The number of ether oxygens (including phenoxy) is 1. The minimum absolute atomic E-state index is 0.232. The first kappa shape index (κ1) is 28.7. The lowest BCUT2D eigenvalue weighted by Gasteiger charge is -2.49. The summed E-state index contributed by atoms with van der Waals surface area (Å²) in [4.78, 5) is 28.7. The van der Waals surface area contributed by atoms with Crippen LogP contribution in [0.1, 0.15) is 76.8 Å². The van der Waals surface area contributed by atoms with Crippen LogP contribution >= 0.6 is 0 Å². The molecule has 0 bridgehead atoms. The van der Waals surface area contributed by atoms with E-state index in [1.54, 1.807) is 0 Å². The van der Waals surface area contributed by atoms with Gasteiger partial charge in [-0.15, -0.1) is 0 Å². The van der Waals surface area contributed by atoms with Crippen LogP contribution in [0.5, 0.6) is 0 Å². The number of hydrogen-bond acceptors (Lipinski definition) is 7. The molecule has 3 fully saturated rings. The number of carbonyl (C=O) groups is 1. The quantitative estimate of drug-likeness (QED) is 0.414. The zero-order valence-electron chi connectivity index (χ0n) is 25.9. The monoisotopic (exact) mass is 585 g/mol. The number of imidazole rings is 1. The van der Waals surface area contributed by atoms with Crippen LogP contribution in [0.4, 0.5) is 11.5 Å². The zero-order chi connectivity index (χ0) is 29.3. The van der Waals surface area contributed by atoms with Crippen molar-refractivity contribution in [1.82, 2.24) is 24.8 Å². The van der Waals surface area contributed by atoms with Gasteiger partial charge in [-0.3, -0.25) is 4.79 Å². The molecule has 0 spiro atoms. The molecule has 9 heteroatoms. The van der Waals surface area contributed by atoms with Gasteiger partial charge in [0.1, 0.15) is 5.52 Å². The van der Waals surface area contributed by atoms with E-state index >= 15 is 0 Å². The Morgan fingerprint density at radius 3 is 2.58 bits per heavy atom. The second-order valence-corrected chi connectivity index (χ2v) is 13.2. The third-order valence-electron chi connectivity index (χ3n) is 10.0. The topological polar surface area (TPSA) is 87.6 Å². The largest absolute Gasteiger partial charge is 0.381 e.